The van der Waals surface area contributed by atoms with Gasteiger partial charge in [-0.1, -0.05) is 60.7 Å². The molecule has 2 aromatic rings. The quantitative estimate of drug-likeness (QED) is 0.646. The Kier molecular flexibility index (Phi) is 7.23. The molecular weight excluding hydrogens is 404 g/mol. The van der Waals surface area contributed by atoms with Gasteiger partial charge in [-0.25, -0.2) is 17.9 Å². The monoisotopic (exact) mass is 430 g/mol. The summed E-state index contributed by atoms with van der Waals surface area (Å²) >= 11 is 0. The molecule has 2 atom stereocenters. The van der Waals surface area contributed by atoms with Gasteiger partial charge in [-0.05, 0) is 30.4 Å². The molecule has 7 nitrogen and oxygen atoms in total. The van der Waals surface area contributed by atoms with Gasteiger partial charge in [-0.2, -0.15) is 0 Å². The minimum atomic E-state index is -3.62. The number of hydrogen-bond acceptors (Lipinski definition) is 5. The number of amides is 1. The summed E-state index contributed by atoms with van der Waals surface area (Å²) in [4.78, 5) is 27.3. The highest BCUT2D eigenvalue weighted by Crippen LogP contribution is 2.21. The fourth-order valence-corrected chi connectivity index (χ4v) is 4.29. The van der Waals surface area contributed by atoms with Crippen molar-refractivity contribution in [1.29, 1.82) is 0 Å². The summed E-state index contributed by atoms with van der Waals surface area (Å²) < 4.78 is 31.6. The molecule has 1 unspecified atom stereocenters. The van der Waals surface area contributed by atoms with Crippen molar-refractivity contribution in [3.8, 4) is 0 Å². The number of nitrogens with zero attached hydrogens (tertiary/aromatic N) is 1. The number of esters is 1. The molecule has 3 rings (SSSR count). The Morgan fingerprint density at radius 2 is 1.67 bits per heavy atom. The zero-order chi connectivity index (χ0) is 21.6. The number of ether oxygens (including phenoxy) is 1. The van der Waals surface area contributed by atoms with Gasteiger partial charge < -0.3 is 9.64 Å². The van der Waals surface area contributed by atoms with Crippen LogP contribution in [0.2, 0.25) is 0 Å². The Morgan fingerprint density at radius 1 is 1.07 bits per heavy atom. The topological polar surface area (TPSA) is 92.8 Å². The fraction of sp³-hybridized carbons (Fsp3) is 0.364. The van der Waals surface area contributed by atoms with E-state index >= 15 is 0 Å². The third kappa shape index (κ3) is 6.14. The predicted molar refractivity (Wildman–Crippen MR) is 113 cm³/mol. The molecule has 0 aliphatic carbocycles. The van der Waals surface area contributed by atoms with Crippen LogP contribution in [0.5, 0.6) is 0 Å². The summed E-state index contributed by atoms with van der Waals surface area (Å²) in [5.41, 5.74) is 1.69. The van der Waals surface area contributed by atoms with Gasteiger partial charge in [-0.3, -0.25) is 4.79 Å². The molecule has 0 radical (unpaired) electrons. The third-order valence-corrected chi connectivity index (χ3v) is 5.68. The van der Waals surface area contributed by atoms with Gasteiger partial charge in [0, 0.05) is 6.54 Å². The van der Waals surface area contributed by atoms with E-state index in [9.17, 15) is 18.0 Å². The van der Waals surface area contributed by atoms with Gasteiger partial charge in [0.1, 0.15) is 18.7 Å². The lowest BCUT2D eigenvalue weighted by atomic mass is 10.1. The highest BCUT2D eigenvalue weighted by molar-refractivity contribution is 7.88. The molecule has 8 heteroatoms. The standard InChI is InChI=1S/C22H26N2O5S/c1-30(27,28)23-19(15-17-9-4-2-5-10-17)21(25)24-14-8-13-20(24)22(26)29-16-18-11-6-3-7-12-18/h2-7,9-12,19-20,23H,8,13-16H2,1H3/t19-,20?/m1/s1. The molecule has 160 valence electrons. The number of carbonyl (C=O) groups is 2. The van der Waals surface area contributed by atoms with Crippen LogP contribution in [0, 0.1) is 0 Å². The van der Waals surface area contributed by atoms with Crippen LogP contribution >= 0.6 is 0 Å². The Morgan fingerprint density at radius 3 is 2.27 bits per heavy atom. The summed E-state index contributed by atoms with van der Waals surface area (Å²) in [7, 11) is -3.62. The smallest absolute Gasteiger partial charge is 0.329 e. The number of nitrogens with one attached hydrogen (secondary N) is 1. The molecule has 1 aliphatic rings. The second-order valence-electron chi connectivity index (χ2n) is 7.42. The summed E-state index contributed by atoms with van der Waals surface area (Å²) in [6.45, 7) is 0.522. The molecule has 1 amide bonds. The molecule has 1 fully saturated rings. The number of benzene rings is 2. The second kappa shape index (κ2) is 9.86. The van der Waals surface area contributed by atoms with Crippen molar-refractivity contribution in [2.24, 2.45) is 0 Å². The average Bonchev–Trinajstić information content (AvgIpc) is 3.21. The van der Waals surface area contributed by atoms with E-state index < -0.39 is 34.0 Å². The van der Waals surface area contributed by atoms with Gasteiger partial charge in [-0.15, -0.1) is 0 Å². The SMILES string of the molecule is CS(=O)(=O)N[C@H](Cc1ccccc1)C(=O)N1CCCC1C(=O)OCc1ccccc1. The van der Waals surface area contributed by atoms with E-state index in [1.165, 1.54) is 4.90 Å². The predicted octanol–water partition coefficient (Wildman–Crippen LogP) is 1.88. The largest absolute Gasteiger partial charge is 0.459 e. The molecule has 30 heavy (non-hydrogen) atoms. The van der Waals surface area contributed by atoms with E-state index in [-0.39, 0.29) is 13.0 Å². The molecule has 2 aromatic carbocycles. The van der Waals surface area contributed by atoms with E-state index in [2.05, 4.69) is 4.72 Å². The Bertz CT molecular complexity index is 964. The first-order chi connectivity index (χ1) is 14.3. The minimum Gasteiger partial charge on any atom is -0.459 e. The van der Waals surface area contributed by atoms with Crippen LogP contribution in [0.15, 0.2) is 60.7 Å². The van der Waals surface area contributed by atoms with Gasteiger partial charge in [0.05, 0.1) is 6.26 Å². The average molecular weight is 431 g/mol. The number of carbonyl (C=O) groups excluding carboxylic acids is 2. The lowest BCUT2D eigenvalue weighted by molar-refractivity contribution is -0.155. The van der Waals surface area contributed by atoms with Crippen LogP contribution in [0.4, 0.5) is 0 Å². The Labute approximate surface area is 177 Å². The summed E-state index contributed by atoms with van der Waals surface area (Å²) in [5, 5.41) is 0. The maximum Gasteiger partial charge on any atom is 0.329 e. The number of likely N-dealkylation sites (tertiary alicyclic amines) is 1. The van der Waals surface area contributed by atoms with E-state index in [4.69, 9.17) is 4.74 Å². The molecule has 0 aromatic heterocycles. The summed E-state index contributed by atoms with van der Waals surface area (Å²) in [6.07, 6.45) is 2.38. The van der Waals surface area contributed by atoms with Crippen LogP contribution in [0.25, 0.3) is 0 Å². The molecule has 1 N–H and O–H groups in total. The highest BCUT2D eigenvalue weighted by Gasteiger charge is 2.38. The van der Waals surface area contributed by atoms with Gasteiger partial charge in [0.25, 0.3) is 0 Å². The number of hydrogen-bond donors (Lipinski definition) is 1. The van der Waals surface area contributed by atoms with Crippen molar-refractivity contribution in [2.45, 2.75) is 38.0 Å². The normalized spacial score (nSPS) is 17.5. The minimum absolute atomic E-state index is 0.132. The van der Waals surface area contributed by atoms with Gasteiger partial charge >= 0.3 is 5.97 Å². The van der Waals surface area contributed by atoms with E-state index in [1.807, 2.05) is 60.7 Å². The van der Waals surface area contributed by atoms with E-state index in [0.717, 1.165) is 17.4 Å². The van der Waals surface area contributed by atoms with Crippen LogP contribution in [0.3, 0.4) is 0 Å². The summed E-state index contributed by atoms with van der Waals surface area (Å²) in [5.74, 6) is -0.883. The first-order valence-corrected chi connectivity index (χ1v) is 11.7. The maximum absolute atomic E-state index is 13.2. The molecule has 0 spiro atoms. The van der Waals surface area contributed by atoms with Crippen LogP contribution in [-0.4, -0.2) is 50.1 Å². The van der Waals surface area contributed by atoms with Crippen molar-refractivity contribution < 1.29 is 22.7 Å². The van der Waals surface area contributed by atoms with Crippen molar-refractivity contribution in [3.05, 3.63) is 71.8 Å². The first kappa shape index (κ1) is 22.0. The van der Waals surface area contributed by atoms with Gasteiger partial charge in [0.2, 0.25) is 15.9 Å². The zero-order valence-electron chi connectivity index (χ0n) is 16.9. The number of rotatable bonds is 8. The highest BCUT2D eigenvalue weighted by atomic mass is 32.2. The van der Waals surface area contributed by atoms with E-state index in [1.54, 1.807) is 0 Å². The van der Waals surface area contributed by atoms with Crippen molar-refractivity contribution in [1.82, 2.24) is 9.62 Å². The zero-order valence-corrected chi connectivity index (χ0v) is 17.7. The van der Waals surface area contributed by atoms with Crippen molar-refractivity contribution >= 4 is 21.9 Å². The maximum atomic E-state index is 13.2. The molecule has 0 saturated carbocycles. The van der Waals surface area contributed by atoms with Crippen LogP contribution < -0.4 is 4.72 Å². The lowest BCUT2D eigenvalue weighted by Gasteiger charge is -2.28. The van der Waals surface area contributed by atoms with Crippen LogP contribution in [0.1, 0.15) is 24.0 Å². The Balaban J connectivity index is 1.71. The first-order valence-electron chi connectivity index (χ1n) is 9.86. The van der Waals surface area contributed by atoms with Gasteiger partial charge in [0.15, 0.2) is 0 Å². The molecular formula is C22H26N2O5S. The molecule has 1 saturated heterocycles. The third-order valence-electron chi connectivity index (χ3n) is 4.97. The lowest BCUT2D eigenvalue weighted by Crippen LogP contribution is -2.52. The fourth-order valence-electron chi connectivity index (χ4n) is 3.59. The van der Waals surface area contributed by atoms with Crippen LogP contribution in [-0.2, 0) is 37.4 Å². The van der Waals surface area contributed by atoms with Crippen molar-refractivity contribution in [2.75, 3.05) is 12.8 Å². The summed E-state index contributed by atoms with van der Waals surface area (Å²) in [6, 6.07) is 16.8. The Hall–Kier alpha value is -2.71. The molecule has 1 heterocycles. The number of sulfonamides is 1. The molecule has 1 aliphatic heterocycles. The van der Waals surface area contributed by atoms with E-state index in [0.29, 0.717) is 19.4 Å². The van der Waals surface area contributed by atoms with Crippen molar-refractivity contribution in [3.63, 3.8) is 0 Å². The second-order valence-corrected chi connectivity index (χ2v) is 9.20. The molecule has 0 bridgehead atoms.